The van der Waals surface area contributed by atoms with Crippen molar-refractivity contribution in [2.24, 2.45) is 0 Å². The lowest BCUT2D eigenvalue weighted by Crippen LogP contribution is -2.22. The molecule has 3 rings (SSSR count). The van der Waals surface area contributed by atoms with Gasteiger partial charge in [0, 0.05) is 12.0 Å². The number of nitrogens with zero attached hydrogens (tertiary/aromatic N) is 1. The Labute approximate surface area is 71.9 Å². The summed E-state index contributed by atoms with van der Waals surface area (Å²) in [6.07, 6.45) is 1.32. The minimum absolute atomic E-state index is 0.287. The van der Waals surface area contributed by atoms with Crippen LogP contribution in [0.25, 0.3) is 0 Å². The molecule has 0 saturated carbocycles. The minimum atomic E-state index is 0.287. The van der Waals surface area contributed by atoms with Crippen LogP contribution >= 0.6 is 0 Å². The first-order valence-electron chi connectivity index (χ1n) is 4.26. The number of likely N-dealkylation sites (N-methyl/N-ethyl adjacent to an activating group) is 1. The summed E-state index contributed by atoms with van der Waals surface area (Å²) in [4.78, 5) is 5.57. The lowest BCUT2D eigenvalue weighted by atomic mass is 10.0. The van der Waals surface area contributed by atoms with Gasteiger partial charge in [0.15, 0.2) is 6.54 Å². The maximum atomic E-state index is 5.57. The van der Waals surface area contributed by atoms with Gasteiger partial charge in [0.1, 0.15) is 7.05 Å². The van der Waals surface area contributed by atoms with Crippen molar-refractivity contribution in [3.8, 4) is 0 Å². The predicted molar refractivity (Wildman–Crippen MR) is 44.5 cm³/mol. The summed E-state index contributed by atoms with van der Waals surface area (Å²) < 4.78 is 0.678. The van der Waals surface area contributed by atoms with Crippen LogP contribution in [0, 0.1) is 6.54 Å². The summed E-state index contributed by atoms with van der Waals surface area (Å²) in [5.74, 6) is 0. The molecule has 1 aromatic carbocycles. The number of rotatable bonds is 0. The van der Waals surface area contributed by atoms with Gasteiger partial charge in [-0.1, -0.05) is 18.2 Å². The normalized spacial score (nSPS) is 36.9. The zero-order valence-corrected chi connectivity index (χ0v) is 7.03. The molecular weight excluding hydrogens is 150 g/mol. The molecule has 0 N–H and O–H groups in total. The third-order valence-corrected chi connectivity index (χ3v) is 2.74. The fraction of sp³-hybridized carbons (Fsp3) is 0.300. The highest BCUT2D eigenvalue weighted by Gasteiger charge is 2.59. The molecule has 1 saturated heterocycles. The highest BCUT2D eigenvalue weighted by molar-refractivity contribution is 5.31. The Hall–Kier alpha value is -0.860. The van der Waals surface area contributed by atoms with Crippen LogP contribution in [0.3, 0.4) is 0 Å². The van der Waals surface area contributed by atoms with Crippen LogP contribution < -0.4 is 0 Å². The molecule has 1 aromatic rings. The second-order valence-electron chi connectivity index (χ2n) is 3.60. The molecule has 2 nitrogen and oxygen atoms in total. The van der Waals surface area contributed by atoms with Crippen molar-refractivity contribution < 1.29 is 9.48 Å². The molecule has 2 atom stereocenters. The summed E-state index contributed by atoms with van der Waals surface area (Å²) in [6, 6.07) is 8.51. The zero-order chi connectivity index (χ0) is 8.18. The van der Waals surface area contributed by atoms with E-state index in [-0.39, 0.29) is 6.23 Å². The first-order chi connectivity index (χ1) is 5.80. The fourth-order valence-corrected chi connectivity index (χ4v) is 1.90. The molecular formula is C10H11NO+. The molecule has 2 aliphatic rings. The summed E-state index contributed by atoms with van der Waals surface area (Å²) in [7, 11) is 2.10. The summed E-state index contributed by atoms with van der Waals surface area (Å²) >= 11 is 0. The molecule has 0 aromatic heterocycles. The first kappa shape index (κ1) is 6.63. The molecule has 1 radical (unpaired) electrons. The highest BCUT2D eigenvalue weighted by atomic mass is 16.9. The molecule has 0 bridgehead atoms. The lowest BCUT2D eigenvalue weighted by Gasteiger charge is -2.13. The Bertz CT molecular complexity index is 336. The average Bonchev–Trinajstić information content (AvgIpc) is 2.78. The van der Waals surface area contributed by atoms with Crippen LogP contribution in [0.4, 0.5) is 0 Å². The summed E-state index contributed by atoms with van der Waals surface area (Å²) in [5, 5.41) is 0. The average molecular weight is 161 g/mol. The van der Waals surface area contributed by atoms with Crippen molar-refractivity contribution in [3.63, 3.8) is 0 Å². The molecule has 2 unspecified atom stereocenters. The molecule has 2 heterocycles. The molecule has 2 heteroatoms. The summed E-state index contributed by atoms with van der Waals surface area (Å²) in [5.41, 5.74) is 2.78. The molecule has 1 fully saturated rings. The Morgan fingerprint density at radius 3 is 3.17 bits per heavy atom. The molecule has 0 aliphatic carbocycles. The van der Waals surface area contributed by atoms with Crippen LogP contribution in [-0.4, -0.2) is 11.7 Å². The zero-order valence-electron chi connectivity index (χ0n) is 7.03. The van der Waals surface area contributed by atoms with E-state index in [0.717, 1.165) is 6.42 Å². The molecule has 0 spiro atoms. The van der Waals surface area contributed by atoms with Gasteiger partial charge in [0.2, 0.25) is 0 Å². The largest absolute Gasteiger partial charge is 0.300 e. The van der Waals surface area contributed by atoms with E-state index in [4.69, 9.17) is 4.84 Å². The SMILES string of the molecule is C[N+]12[CH]Cc3ccccc3C1O2. The topological polar surface area (TPSA) is 12.5 Å². The van der Waals surface area contributed by atoms with Gasteiger partial charge in [-0.15, -0.1) is 9.48 Å². The van der Waals surface area contributed by atoms with E-state index in [1.165, 1.54) is 11.1 Å². The number of fused-ring (bicyclic) bond motifs is 3. The van der Waals surface area contributed by atoms with E-state index in [2.05, 4.69) is 37.9 Å². The van der Waals surface area contributed by atoms with E-state index < -0.39 is 0 Å². The van der Waals surface area contributed by atoms with Crippen LogP contribution in [0.15, 0.2) is 24.3 Å². The van der Waals surface area contributed by atoms with Crippen molar-refractivity contribution in [1.82, 2.24) is 0 Å². The number of quaternary nitrogens is 1. The van der Waals surface area contributed by atoms with Gasteiger partial charge in [-0.05, 0) is 11.6 Å². The standard InChI is InChI=1S/C10H11NO/c1-11-7-6-8-4-2-3-5-9(8)10(11)12-11/h2-5,7,10H,6H2,1H3/q+1. The third kappa shape index (κ3) is 0.713. The maximum Gasteiger partial charge on any atom is 0.300 e. The maximum absolute atomic E-state index is 5.57. The van der Waals surface area contributed by atoms with Gasteiger partial charge in [-0.2, -0.15) is 0 Å². The van der Waals surface area contributed by atoms with Crippen LogP contribution in [-0.2, 0) is 11.3 Å². The van der Waals surface area contributed by atoms with Gasteiger partial charge < -0.3 is 0 Å². The van der Waals surface area contributed by atoms with Crippen molar-refractivity contribution in [2.75, 3.05) is 7.05 Å². The van der Waals surface area contributed by atoms with E-state index in [1.54, 1.807) is 0 Å². The molecule has 0 amide bonds. The summed E-state index contributed by atoms with van der Waals surface area (Å²) in [6.45, 7) is 2.22. The van der Waals surface area contributed by atoms with Crippen molar-refractivity contribution in [1.29, 1.82) is 0 Å². The van der Waals surface area contributed by atoms with Gasteiger partial charge in [-0.25, -0.2) is 0 Å². The van der Waals surface area contributed by atoms with Crippen LogP contribution in [0.5, 0.6) is 0 Å². The third-order valence-electron chi connectivity index (χ3n) is 2.74. The van der Waals surface area contributed by atoms with Gasteiger partial charge in [-0.3, -0.25) is 0 Å². The smallest absolute Gasteiger partial charge is 0.133 e. The molecule has 61 valence electrons. The highest BCUT2D eigenvalue weighted by Crippen LogP contribution is 2.50. The van der Waals surface area contributed by atoms with Crippen molar-refractivity contribution in [3.05, 3.63) is 41.9 Å². The van der Waals surface area contributed by atoms with E-state index in [9.17, 15) is 0 Å². The Morgan fingerprint density at radius 2 is 2.25 bits per heavy atom. The van der Waals surface area contributed by atoms with Gasteiger partial charge in [0.25, 0.3) is 0 Å². The van der Waals surface area contributed by atoms with Crippen molar-refractivity contribution >= 4 is 0 Å². The number of hydrogen-bond donors (Lipinski definition) is 0. The van der Waals surface area contributed by atoms with Crippen molar-refractivity contribution in [2.45, 2.75) is 12.6 Å². The van der Waals surface area contributed by atoms with Gasteiger partial charge in [0.05, 0.1) is 0 Å². The Kier molecular flexibility index (Phi) is 1.05. The van der Waals surface area contributed by atoms with Crippen LogP contribution in [0.2, 0.25) is 0 Å². The lowest BCUT2D eigenvalue weighted by molar-refractivity contribution is -0.877. The Morgan fingerprint density at radius 1 is 1.42 bits per heavy atom. The first-order valence-corrected chi connectivity index (χ1v) is 4.26. The van der Waals surface area contributed by atoms with Crippen LogP contribution in [0.1, 0.15) is 17.4 Å². The Balaban J connectivity index is 2.12. The molecule has 12 heavy (non-hydrogen) atoms. The second kappa shape index (κ2) is 1.90. The number of hydrogen-bond acceptors (Lipinski definition) is 1. The monoisotopic (exact) mass is 161 g/mol. The second-order valence-corrected chi connectivity index (χ2v) is 3.60. The number of hydroxylamine groups is 3. The van der Waals surface area contributed by atoms with E-state index in [0.29, 0.717) is 4.65 Å². The number of benzene rings is 1. The van der Waals surface area contributed by atoms with E-state index in [1.807, 2.05) is 0 Å². The van der Waals surface area contributed by atoms with Gasteiger partial charge >= 0.3 is 6.23 Å². The minimum Gasteiger partial charge on any atom is -0.133 e. The predicted octanol–water partition coefficient (Wildman–Crippen LogP) is 1.79. The molecule has 2 aliphatic heterocycles. The van der Waals surface area contributed by atoms with E-state index >= 15 is 0 Å². The fourth-order valence-electron chi connectivity index (χ4n) is 1.90. The quantitative estimate of drug-likeness (QED) is 0.417.